The first-order valence-corrected chi connectivity index (χ1v) is 39.9. The number of pyridine rings is 2. The largest absolute Gasteiger partial charge is 0.455 e. The van der Waals surface area contributed by atoms with Crippen LogP contribution >= 0.6 is 0 Å². The molecule has 9 heterocycles. The molecule has 15 aromatic carbocycles. The van der Waals surface area contributed by atoms with E-state index in [0.29, 0.717) is 17.5 Å². The van der Waals surface area contributed by atoms with Crippen molar-refractivity contribution in [1.82, 2.24) is 39.9 Å². The number of aromatic nitrogens is 8. The minimum absolute atomic E-state index is 0.618. The lowest BCUT2D eigenvalue weighted by Crippen LogP contribution is -1.97. The van der Waals surface area contributed by atoms with Gasteiger partial charge < -0.3 is 17.7 Å². The Morgan fingerprint density at radius 2 is 0.475 bits per heavy atom. The van der Waals surface area contributed by atoms with Gasteiger partial charge >= 0.3 is 0 Å². The van der Waals surface area contributed by atoms with E-state index < -0.39 is 0 Å². The molecule has 120 heavy (non-hydrogen) atoms. The van der Waals surface area contributed by atoms with Crippen LogP contribution in [0.15, 0.2) is 406 Å². The van der Waals surface area contributed by atoms with Gasteiger partial charge in [0.2, 0.25) is 0 Å². The molecule has 0 fully saturated rings. The zero-order valence-electron chi connectivity index (χ0n) is 64.2. The van der Waals surface area contributed by atoms with Crippen LogP contribution in [0.3, 0.4) is 0 Å². The lowest BCUT2D eigenvalue weighted by atomic mass is 9.93. The average molecular weight is 1540 g/mol. The number of benzene rings is 15. The molecule has 24 aromatic rings. The highest BCUT2D eigenvalue weighted by molar-refractivity contribution is 6.14. The van der Waals surface area contributed by atoms with Crippen molar-refractivity contribution < 1.29 is 17.7 Å². The van der Waals surface area contributed by atoms with E-state index in [-0.39, 0.29) is 0 Å². The Labute approximate surface area is 686 Å². The van der Waals surface area contributed by atoms with Crippen molar-refractivity contribution in [2.45, 2.75) is 0 Å². The summed E-state index contributed by atoms with van der Waals surface area (Å²) in [6, 6.07) is 127. The van der Waals surface area contributed by atoms with Gasteiger partial charge in [0.05, 0.1) is 39.5 Å². The summed E-state index contributed by atoms with van der Waals surface area (Å²) in [5, 5.41) is 10.8. The lowest BCUT2D eigenvalue weighted by Gasteiger charge is -2.14. The second-order valence-corrected chi connectivity index (χ2v) is 30.0. The van der Waals surface area contributed by atoms with E-state index in [1.807, 2.05) is 128 Å². The minimum Gasteiger partial charge on any atom is -0.455 e. The van der Waals surface area contributed by atoms with Crippen LogP contribution in [0.2, 0.25) is 0 Å². The number of fused-ring (bicyclic) bond motifs is 15. The fraction of sp³-hybridized carbons (Fsp3) is 0. The Balaban J connectivity index is 0.000000141. The Morgan fingerprint density at radius 3 is 0.875 bits per heavy atom. The van der Waals surface area contributed by atoms with Crippen molar-refractivity contribution in [2.75, 3.05) is 0 Å². The molecular weight excluding hydrogens is 1470 g/mol. The zero-order chi connectivity index (χ0) is 79.1. The maximum Gasteiger partial charge on any atom is 0.160 e. The van der Waals surface area contributed by atoms with Gasteiger partial charge in [0.1, 0.15) is 44.7 Å². The second-order valence-electron chi connectivity index (χ2n) is 30.0. The van der Waals surface area contributed by atoms with Gasteiger partial charge in [-0.3, -0.25) is 4.98 Å². The predicted molar refractivity (Wildman–Crippen MR) is 485 cm³/mol. The maximum absolute atomic E-state index is 6.62. The van der Waals surface area contributed by atoms with Crippen molar-refractivity contribution in [3.05, 3.63) is 389 Å². The molecule has 0 aliphatic rings. The Bertz CT molecular complexity index is 7900. The molecule has 560 valence electrons. The quantitative estimate of drug-likeness (QED) is 0.107. The van der Waals surface area contributed by atoms with Crippen LogP contribution in [0, 0.1) is 0 Å². The SMILES string of the molecule is c1ccc(-c2cc(-c3cc(-c4cccc5c4oc4ccccc45)cc(-c4cccc5c4oc4ccccc45)c3)nc(-c3ccc(-c4ccc5ccc6cccnc6c5n4)cc3)n2)cc1.c1ccc(-c2cc(-c3cc(-c4cccc5c4oc4ccccc45)cc(-c4cccc5c4oc4ccccc45)c3)nc(-c3ccc(-c4ncccn4)cc3)n2)cc1. The van der Waals surface area contributed by atoms with E-state index in [1.165, 1.54) is 0 Å². The summed E-state index contributed by atoms with van der Waals surface area (Å²) in [7, 11) is 0. The topological polar surface area (TPSA) is 156 Å². The highest BCUT2D eigenvalue weighted by Gasteiger charge is 2.24. The van der Waals surface area contributed by atoms with Gasteiger partial charge in [-0.2, -0.15) is 0 Å². The fourth-order valence-corrected chi connectivity index (χ4v) is 16.9. The number of nitrogens with zero attached hydrogens (tertiary/aromatic N) is 8. The number of furan rings is 4. The standard InChI is InChI=1S/C58H34N4O2.C50H30N4O2/c1-2-11-35(12-3-1)50-34-51(62-58(61-50)39-26-22-36(23-27-39)49-29-28-38-25-24-37-13-10-30-59-54(37)55(38)60-49)42-32-40(43-16-8-18-47-45-14-4-6-20-52(45)63-56(43)47)31-41(33-42)44-17-9-19-48-46-15-5-7-21-53(46)64-57(44)48;1-2-11-31(12-3-1)43-30-44(54-50(53-43)33-23-21-32(22-24-33)49-51-25-10-26-52-49)36-28-34(37-15-8-17-41-39-13-4-6-19-45(39)55-47(37)41)27-35(29-36)38-16-9-18-42-40-14-5-7-20-46(40)56-48(38)42/h1-34H;1-30H. The third-order valence-corrected chi connectivity index (χ3v) is 22.7. The summed E-state index contributed by atoms with van der Waals surface area (Å²) in [5.74, 6) is 1.91. The summed E-state index contributed by atoms with van der Waals surface area (Å²) >= 11 is 0. The molecule has 0 bridgehead atoms. The highest BCUT2D eigenvalue weighted by Crippen LogP contribution is 2.46. The van der Waals surface area contributed by atoms with Crippen LogP contribution in [0.5, 0.6) is 0 Å². The normalized spacial score (nSPS) is 11.7. The third-order valence-electron chi connectivity index (χ3n) is 22.7. The van der Waals surface area contributed by atoms with E-state index in [1.54, 1.807) is 12.4 Å². The molecule has 0 saturated carbocycles. The smallest absolute Gasteiger partial charge is 0.160 e. The van der Waals surface area contributed by atoms with E-state index >= 15 is 0 Å². The van der Waals surface area contributed by atoms with Gasteiger partial charge in [0.25, 0.3) is 0 Å². The van der Waals surface area contributed by atoms with Crippen molar-refractivity contribution in [3.8, 4) is 135 Å². The van der Waals surface area contributed by atoms with Gasteiger partial charge in [-0.15, -0.1) is 0 Å². The molecule has 0 N–H and O–H groups in total. The lowest BCUT2D eigenvalue weighted by molar-refractivity contribution is 0.669. The molecule has 0 aliphatic carbocycles. The van der Waals surface area contributed by atoms with Gasteiger partial charge in [-0.25, -0.2) is 34.9 Å². The molecule has 0 spiro atoms. The number of rotatable bonds is 12. The summed E-state index contributed by atoms with van der Waals surface area (Å²) in [5.41, 5.74) is 28.3. The van der Waals surface area contributed by atoms with E-state index in [9.17, 15) is 0 Å². The Kier molecular flexibility index (Phi) is 16.6. The summed E-state index contributed by atoms with van der Waals surface area (Å²) in [4.78, 5) is 39.6. The van der Waals surface area contributed by atoms with Crippen molar-refractivity contribution >= 4 is 110 Å². The molecule has 0 amide bonds. The molecule has 0 radical (unpaired) electrons. The molecular formula is C108H64N8O4. The summed E-state index contributed by atoms with van der Waals surface area (Å²) < 4.78 is 26.4. The molecule has 24 rings (SSSR count). The van der Waals surface area contributed by atoms with E-state index in [4.69, 9.17) is 42.6 Å². The Morgan fingerprint density at radius 1 is 0.167 bits per heavy atom. The maximum atomic E-state index is 6.62. The number of hydrogen-bond donors (Lipinski definition) is 0. The molecule has 0 aliphatic heterocycles. The molecule has 12 nitrogen and oxygen atoms in total. The summed E-state index contributed by atoms with van der Waals surface area (Å²) in [6.45, 7) is 0. The van der Waals surface area contributed by atoms with Crippen LogP contribution in [0.4, 0.5) is 0 Å². The number of para-hydroxylation sites is 8. The number of hydrogen-bond acceptors (Lipinski definition) is 12. The monoisotopic (exact) mass is 1540 g/mol. The zero-order valence-corrected chi connectivity index (χ0v) is 64.2. The van der Waals surface area contributed by atoms with Crippen LogP contribution in [-0.2, 0) is 0 Å². The van der Waals surface area contributed by atoms with E-state index in [2.05, 4.69) is 264 Å². The van der Waals surface area contributed by atoms with E-state index in [0.717, 1.165) is 227 Å². The van der Waals surface area contributed by atoms with Gasteiger partial charge in [-0.1, -0.05) is 279 Å². The van der Waals surface area contributed by atoms with Crippen LogP contribution in [0.25, 0.3) is 245 Å². The first-order chi connectivity index (χ1) is 59.4. The molecule has 0 saturated heterocycles. The molecule has 0 unspecified atom stereocenters. The van der Waals surface area contributed by atoms with Crippen molar-refractivity contribution in [1.29, 1.82) is 0 Å². The molecule has 9 aromatic heterocycles. The van der Waals surface area contributed by atoms with Gasteiger partial charge in [0, 0.05) is 139 Å². The van der Waals surface area contributed by atoms with Crippen LogP contribution < -0.4 is 0 Å². The first kappa shape index (κ1) is 69.1. The second kappa shape index (κ2) is 28.8. The molecule has 0 atom stereocenters. The van der Waals surface area contributed by atoms with Gasteiger partial charge in [-0.05, 0) is 113 Å². The fourth-order valence-electron chi connectivity index (χ4n) is 16.9. The summed E-state index contributed by atoms with van der Waals surface area (Å²) in [6.07, 6.45) is 5.32. The minimum atomic E-state index is 0.618. The molecule has 12 heteroatoms. The van der Waals surface area contributed by atoms with Crippen LogP contribution in [-0.4, -0.2) is 39.9 Å². The van der Waals surface area contributed by atoms with Crippen molar-refractivity contribution in [3.63, 3.8) is 0 Å². The van der Waals surface area contributed by atoms with Gasteiger partial charge in [0.15, 0.2) is 17.5 Å². The average Bonchev–Trinajstić information content (AvgIpc) is 1.57. The van der Waals surface area contributed by atoms with Crippen molar-refractivity contribution in [2.24, 2.45) is 0 Å². The highest BCUT2D eigenvalue weighted by atomic mass is 16.3. The van der Waals surface area contributed by atoms with Crippen LogP contribution in [0.1, 0.15) is 0 Å². The Hall–Kier alpha value is -16.4. The predicted octanol–water partition coefficient (Wildman–Crippen LogP) is 28.4. The first-order valence-electron chi connectivity index (χ1n) is 39.9. The third kappa shape index (κ3) is 12.3.